The van der Waals surface area contributed by atoms with Gasteiger partial charge in [-0.05, 0) is 55.0 Å². The number of nitrogens with zero attached hydrogens (tertiary/aromatic N) is 2. The van der Waals surface area contributed by atoms with E-state index in [1.165, 1.54) is 24.5 Å². The summed E-state index contributed by atoms with van der Waals surface area (Å²) in [4.78, 5) is 33.1. The lowest BCUT2D eigenvalue weighted by molar-refractivity contribution is -0.0311. The zero-order valence-electron chi connectivity index (χ0n) is 19.3. The van der Waals surface area contributed by atoms with Crippen molar-refractivity contribution in [2.75, 3.05) is 13.1 Å². The highest BCUT2D eigenvalue weighted by molar-refractivity contribution is 7.90. The number of carbonyl (C=O) groups is 1. The van der Waals surface area contributed by atoms with Crippen LogP contribution in [0.15, 0.2) is 58.5 Å². The van der Waals surface area contributed by atoms with Crippen LogP contribution < -0.4 is 5.56 Å². The molecule has 1 aliphatic heterocycles. The van der Waals surface area contributed by atoms with Gasteiger partial charge >= 0.3 is 0 Å². The van der Waals surface area contributed by atoms with Gasteiger partial charge in [-0.15, -0.1) is 0 Å². The van der Waals surface area contributed by atoms with Crippen molar-refractivity contribution in [3.8, 4) is 0 Å². The van der Waals surface area contributed by atoms with E-state index in [0.717, 1.165) is 6.42 Å². The minimum atomic E-state index is -3.77. The maximum atomic E-state index is 13.1. The van der Waals surface area contributed by atoms with Crippen LogP contribution in [0.1, 0.15) is 49.0 Å². The molecule has 34 heavy (non-hydrogen) atoms. The molecule has 0 saturated carbocycles. The molecule has 2 N–H and O–H groups in total. The first kappa shape index (κ1) is 24.1. The Balaban J connectivity index is 1.47. The topological polar surface area (TPSA) is 120 Å². The first-order valence-electron chi connectivity index (χ1n) is 11.4. The zero-order chi connectivity index (χ0) is 24.5. The summed E-state index contributed by atoms with van der Waals surface area (Å²) < 4.78 is 26.2. The van der Waals surface area contributed by atoms with E-state index in [1.54, 1.807) is 29.2 Å². The molecule has 0 bridgehead atoms. The van der Waals surface area contributed by atoms with Crippen molar-refractivity contribution in [3.05, 3.63) is 70.3 Å². The van der Waals surface area contributed by atoms with Gasteiger partial charge in [0.25, 0.3) is 11.5 Å². The third-order valence-corrected chi connectivity index (χ3v) is 8.01. The van der Waals surface area contributed by atoms with Gasteiger partial charge in [0, 0.05) is 18.7 Å². The van der Waals surface area contributed by atoms with Crippen molar-refractivity contribution < 1.29 is 18.3 Å². The number of carbonyl (C=O) groups excluding carboxylic acids is 1. The highest BCUT2D eigenvalue weighted by atomic mass is 32.2. The lowest BCUT2D eigenvalue weighted by Gasteiger charge is -2.39. The maximum absolute atomic E-state index is 13.1. The number of para-hydroxylation sites is 1. The van der Waals surface area contributed by atoms with Gasteiger partial charge in [0.2, 0.25) is 0 Å². The number of aromatic amines is 1. The Labute approximate surface area is 198 Å². The number of aliphatic hydroxyl groups is 1. The fourth-order valence-electron chi connectivity index (χ4n) is 4.64. The van der Waals surface area contributed by atoms with Crippen LogP contribution >= 0.6 is 0 Å². The molecule has 4 rings (SSSR count). The van der Waals surface area contributed by atoms with Crippen LogP contribution in [0.4, 0.5) is 0 Å². The average Bonchev–Trinajstić information content (AvgIpc) is 2.78. The second-order valence-electron chi connectivity index (χ2n) is 9.45. The van der Waals surface area contributed by atoms with Gasteiger partial charge in [-0.2, -0.15) is 0 Å². The Morgan fingerprint density at radius 2 is 1.82 bits per heavy atom. The van der Waals surface area contributed by atoms with E-state index < -0.39 is 21.0 Å². The van der Waals surface area contributed by atoms with Gasteiger partial charge in [-0.25, -0.2) is 13.4 Å². The molecule has 0 atom stereocenters. The Morgan fingerprint density at radius 1 is 1.15 bits per heavy atom. The van der Waals surface area contributed by atoms with Gasteiger partial charge in [0.1, 0.15) is 0 Å². The molecular weight excluding hydrogens is 454 g/mol. The predicted octanol–water partition coefficient (Wildman–Crippen LogP) is 2.91. The van der Waals surface area contributed by atoms with Crippen molar-refractivity contribution in [2.24, 2.45) is 5.92 Å². The number of benzene rings is 2. The third-order valence-electron chi connectivity index (χ3n) is 6.30. The van der Waals surface area contributed by atoms with Gasteiger partial charge in [0.05, 0.1) is 33.5 Å². The van der Waals surface area contributed by atoms with Gasteiger partial charge < -0.3 is 15.0 Å². The van der Waals surface area contributed by atoms with Crippen LogP contribution in [0.25, 0.3) is 10.9 Å². The number of nitrogens with one attached hydrogen (secondary N) is 1. The lowest BCUT2D eigenvalue weighted by Crippen LogP contribution is -2.47. The molecule has 2 aromatic carbocycles. The number of amides is 1. The Kier molecular flexibility index (Phi) is 6.60. The van der Waals surface area contributed by atoms with Crippen LogP contribution in [0, 0.1) is 5.92 Å². The van der Waals surface area contributed by atoms with E-state index in [9.17, 15) is 23.1 Å². The zero-order valence-corrected chi connectivity index (χ0v) is 20.1. The fourth-order valence-corrected chi connectivity index (χ4v) is 6.17. The second-order valence-corrected chi connectivity index (χ2v) is 11.4. The summed E-state index contributed by atoms with van der Waals surface area (Å²) in [6.07, 6.45) is 3.01. The van der Waals surface area contributed by atoms with E-state index in [2.05, 4.69) is 23.8 Å². The Morgan fingerprint density at radius 3 is 2.47 bits per heavy atom. The van der Waals surface area contributed by atoms with Gasteiger partial charge in [-0.3, -0.25) is 9.59 Å². The first-order chi connectivity index (χ1) is 16.1. The minimum absolute atomic E-state index is 0.00143. The fraction of sp³-hybridized carbons (Fsp3) is 0.400. The van der Waals surface area contributed by atoms with Crippen molar-refractivity contribution in [2.45, 2.75) is 49.4 Å². The van der Waals surface area contributed by atoms with Crippen LogP contribution in [-0.4, -0.2) is 53.0 Å². The van der Waals surface area contributed by atoms with Crippen molar-refractivity contribution in [1.29, 1.82) is 0 Å². The number of sulfone groups is 1. The molecule has 1 amide bonds. The molecule has 1 saturated heterocycles. The van der Waals surface area contributed by atoms with E-state index in [-0.39, 0.29) is 27.5 Å². The van der Waals surface area contributed by atoms with E-state index in [1.807, 2.05) is 0 Å². The third kappa shape index (κ3) is 5.05. The van der Waals surface area contributed by atoms with E-state index in [4.69, 9.17) is 0 Å². The number of fused-ring (bicyclic) bond motifs is 1. The van der Waals surface area contributed by atoms with Crippen molar-refractivity contribution in [3.63, 3.8) is 0 Å². The first-order valence-corrected chi connectivity index (χ1v) is 13.0. The summed E-state index contributed by atoms with van der Waals surface area (Å²) in [7, 11) is -3.77. The minimum Gasteiger partial charge on any atom is -0.390 e. The molecular formula is C25H29N3O5S. The molecule has 180 valence electrons. The number of hydrogen-bond acceptors (Lipinski definition) is 6. The summed E-state index contributed by atoms with van der Waals surface area (Å²) in [5.74, 6) is -0.0130. The monoisotopic (exact) mass is 483 g/mol. The van der Waals surface area contributed by atoms with E-state index in [0.29, 0.717) is 43.0 Å². The smallest absolute Gasteiger partial charge is 0.258 e. The highest BCUT2D eigenvalue weighted by Crippen LogP contribution is 2.29. The number of H-pyrrole nitrogens is 1. The molecule has 9 heteroatoms. The summed E-state index contributed by atoms with van der Waals surface area (Å²) >= 11 is 0. The van der Waals surface area contributed by atoms with Crippen LogP contribution in [0.3, 0.4) is 0 Å². The largest absolute Gasteiger partial charge is 0.390 e. The summed E-state index contributed by atoms with van der Waals surface area (Å²) in [6.45, 7) is 5.14. The van der Waals surface area contributed by atoms with Crippen LogP contribution in [0.2, 0.25) is 0 Å². The molecule has 3 aromatic rings. The molecule has 0 aliphatic carbocycles. The van der Waals surface area contributed by atoms with Crippen molar-refractivity contribution >= 4 is 26.6 Å². The van der Waals surface area contributed by atoms with Gasteiger partial charge in [-0.1, -0.05) is 32.0 Å². The standard InChI is InChI=1S/C25H29N3O5S/c1-17(2)14-25(31)10-12-28(13-11-25)24(30)19-8-6-18(7-9-19)15-34(32,33)21-5-3-4-20-22(21)26-16-27-23(20)29/h3-9,16-17,31H,10-15H2,1-2H3,(H,26,27,29). The summed E-state index contributed by atoms with van der Waals surface area (Å²) in [5, 5.41) is 10.9. The van der Waals surface area contributed by atoms with Crippen molar-refractivity contribution in [1.82, 2.24) is 14.9 Å². The molecule has 8 nitrogen and oxygen atoms in total. The molecule has 2 heterocycles. The number of aromatic nitrogens is 2. The molecule has 1 fully saturated rings. The maximum Gasteiger partial charge on any atom is 0.258 e. The van der Waals surface area contributed by atoms with Crippen LogP contribution in [0.5, 0.6) is 0 Å². The molecule has 1 aliphatic rings. The Bertz CT molecular complexity index is 1360. The quantitative estimate of drug-likeness (QED) is 0.556. The highest BCUT2D eigenvalue weighted by Gasteiger charge is 2.34. The molecule has 0 spiro atoms. The molecule has 1 aromatic heterocycles. The normalized spacial score (nSPS) is 16.2. The van der Waals surface area contributed by atoms with Crippen LogP contribution in [-0.2, 0) is 15.6 Å². The summed E-state index contributed by atoms with van der Waals surface area (Å²) in [5.41, 5.74) is 0.0350. The predicted molar refractivity (Wildman–Crippen MR) is 129 cm³/mol. The average molecular weight is 484 g/mol. The second kappa shape index (κ2) is 9.31. The van der Waals surface area contributed by atoms with Gasteiger partial charge in [0.15, 0.2) is 9.84 Å². The molecule has 0 radical (unpaired) electrons. The SMILES string of the molecule is CC(C)CC1(O)CCN(C(=O)c2ccc(CS(=O)(=O)c3cccc4c(=O)[nH]cnc34)cc2)CC1. The number of piperidine rings is 1. The number of hydrogen-bond donors (Lipinski definition) is 2. The van der Waals surface area contributed by atoms with E-state index >= 15 is 0 Å². The Hall–Kier alpha value is -3.04. The molecule has 0 unspecified atom stereocenters. The number of rotatable bonds is 6. The summed E-state index contributed by atoms with van der Waals surface area (Å²) in [6, 6.07) is 11.0. The number of likely N-dealkylation sites (tertiary alicyclic amines) is 1. The lowest BCUT2D eigenvalue weighted by atomic mass is 9.84.